The summed E-state index contributed by atoms with van der Waals surface area (Å²) in [5.41, 5.74) is 2.44. The van der Waals surface area contributed by atoms with Gasteiger partial charge in [-0.15, -0.1) is 0 Å². The fourth-order valence-electron chi connectivity index (χ4n) is 2.54. The summed E-state index contributed by atoms with van der Waals surface area (Å²) in [4.78, 5) is 0.248. The molecule has 0 aromatic heterocycles. The van der Waals surface area contributed by atoms with Crippen LogP contribution in [0.2, 0.25) is 5.02 Å². The molecule has 0 unspecified atom stereocenters. The van der Waals surface area contributed by atoms with Gasteiger partial charge in [0.1, 0.15) is 0 Å². The summed E-state index contributed by atoms with van der Waals surface area (Å²) < 4.78 is 27.4. The molecular weight excluding hydrogens is 294 g/mol. The molecule has 0 saturated heterocycles. The van der Waals surface area contributed by atoms with Crippen LogP contribution in [0.4, 0.5) is 0 Å². The minimum atomic E-state index is -3.49. The molecule has 0 heterocycles. The number of nitrogens with one attached hydrogen (secondary N) is 1. The van der Waals surface area contributed by atoms with E-state index in [2.05, 4.69) is 4.72 Å². The van der Waals surface area contributed by atoms with Crippen molar-refractivity contribution in [2.75, 3.05) is 0 Å². The predicted molar refractivity (Wildman–Crippen MR) is 79.4 cm³/mol. The first-order chi connectivity index (χ1) is 9.54. The Hall–Kier alpha value is -1.36. The van der Waals surface area contributed by atoms with E-state index < -0.39 is 10.0 Å². The molecule has 3 nitrogen and oxygen atoms in total. The Balaban J connectivity index is 1.77. The van der Waals surface area contributed by atoms with E-state index in [4.69, 9.17) is 11.6 Å². The van der Waals surface area contributed by atoms with Crippen LogP contribution in [0.5, 0.6) is 0 Å². The fraction of sp³-hybridized carbons (Fsp3) is 0.200. The van der Waals surface area contributed by atoms with E-state index in [1.165, 1.54) is 23.3 Å². The molecule has 0 fully saturated rings. The number of sulfonamides is 1. The topological polar surface area (TPSA) is 46.2 Å². The van der Waals surface area contributed by atoms with Gasteiger partial charge in [0.2, 0.25) is 10.0 Å². The van der Waals surface area contributed by atoms with Crippen molar-refractivity contribution in [1.82, 2.24) is 4.72 Å². The molecule has 0 aliphatic heterocycles. The Morgan fingerprint density at radius 3 is 2.05 bits per heavy atom. The van der Waals surface area contributed by atoms with Gasteiger partial charge < -0.3 is 0 Å². The molecule has 2 aromatic carbocycles. The molecule has 1 N–H and O–H groups in total. The second kappa shape index (κ2) is 5.20. The smallest absolute Gasteiger partial charge is 0.207 e. The lowest BCUT2D eigenvalue weighted by Gasteiger charge is -2.12. The van der Waals surface area contributed by atoms with Crippen LogP contribution in [0.1, 0.15) is 11.1 Å². The van der Waals surface area contributed by atoms with Crippen molar-refractivity contribution in [2.45, 2.75) is 23.8 Å². The van der Waals surface area contributed by atoms with Crippen LogP contribution in [-0.4, -0.2) is 14.5 Å². The minimum absolute atomic E-state index is 0.0759. The van der Waals surface area contributed by atoms with E-state index in [9.17, 15) is 8.42 Å². The number of hydrogen-bond donors (Lipinski definition) is 1. The third-order valence-electron chi connectivity index (χ3n) is 3.50. The van der Waals surface area contributed by atoms with Gasteiger partial charge in [-0.25, -0.2) is 13.1 Å². The molecule has 0 amide bonds. The summed E-state index contributed by atoms with van der Waals surface area (Å²) in [5, 5.41) is 0.525. The molecule has 0 radical (unpaired) electrons. The van der Waals surface area contributed by atoms with E-state index in [0.29, 0.717) is 5.02 Å². The molecule has 104 valence electrons. The maximum atomic E-state index is 12.3. The standard InChI is InChI=1S/C15H14ClNO2S/c16-13-5-7-15(8-6-13)20(18,19)17-14-9-11-3-1-2-4-12(11)10-14/h1-8,14,17H,9-10H2. The summed E-state index contributed by atoms with van der Waals surface area (Å²) in [7, 11) is -3.49. The largest absolute Gasteiger partial charge is 0.240 e. The molecule has 0 spiro atoms. The zero-order valence-corrected chi connectivity index (χ0v) is 12.3. The van der Waals surface area contributed by atoms with E-state index in [1.54, 1.807) is 12.1 Å². The number of rotatable bonds is 3. The van der Waals surface area contributed by atoms with Gasteiger partial charge in [-0.05, 0) is 48.2 Å². The Bertz CT molecular complexity index is 701. The predicted octanol–water partition coefficient (Wildman–Crippen LogP) is 2.79. The first kappa shape index (κ1) is 13.6. The maximum Gasteiger partial charge on any atom is 0.240 e. The van der Waals surface area contributed by atoms with Crippen molar-refractivity contribution in [2.24, 2.45) is 0 Å². The molecule has 0 saturated carbocycles. The minimum Gasteiger partial charge on any atom is -0.207 e. The molecule has 0 bridgehead atoms. The Kier molecular flexibility index (Phi) is 3.54. The summed E-state index contributed by atoms with van der Waals surface area (Å²) in [6.45, 7) is 0. The quantitative estimate of drug-likeness (QED) is 0.948. The summed E-state index contributed by atoms with van der Waals surface area (Å²) in [5.74, 6) is 0. The molecule has 1 aliphatic rings. The number of halogens is 1. The molecule has 3 rings (SSSR count). The summed E-state index contributed by atoms with van der Waals surface area (Å²) in [6, 6.07) is 14.2. The van der Waals surface area contributed by atoms with Gasteiger partial charge in [-0.1, -0.05) is 35.9 Å². The Labute approximate surface area is 123 Å². The van der Waals surface area contributed by atoms with Gasteiger partial charge in [-0.2, -0.15) is 0 Å². The van der Waals surface area contributed by atoms with Crippen LogP contribution in [0.25, 0.3) is 0 Å². The van der Waals surface area contributed by atoms with E-state index in [0.717, 1.165) is 12.8 Å². The Morgan fingerprint density at radius 1 is 0.950 bits per heavy atom. The molecule has 1 aliphatic carbocycles. The van der Waals surface area contributed by atoms with Gasteiger partial charge in [-0.3, -0.25) is 0 Å². The van der Waals surface area contributed by atoms with Gasteiger partial charge in [0.25, 0.3) is 0 Å². The van der Waals surface area contributed by atoms with E-state index in [-0.39, 0.29) is 10.9 Å². The summed E-state index contributed by atoms with van der Waals surface area (Å²) >= 11 is 5.78. The first-order valence-corrected chi connectivity index (χ1v) is 8.25. The molecule has 2 aromatic rings. The third-order valence-corrected chi connectivity index (χ3v) is 5.29. The first-order valence-electron chi connectivity index (χ1n) is 6.39. The number of fused-ring (bicyclic) bond motifs is 1. The monoisotopic (exact) mass is 307 g/mol. The summed E-state index contributed by atoms with van der Waals surface area (Å²) in [6.07, 6.45) is 1.48. The van der Waals surface area contributed by atoms with Crippen molar-refractivity contribution in [3.05, 3.63) is 64.7 Å². The lowest BCUT2D eigenvalue weighted by Crippen LogP contribution is -2.35. The van der Waals surface area contributed by atoms with Crippen molar-refractivity contribution < 1.29 is 8.42 Å². The highest BCUT2D eigenvalue weighted by Gasteiger charge is 2.26. The van der Waals surface area contributed by atoms with Gasteiger partial charge in [0.15, 0.2) is 0 Å². The van der Waals surface area contributed by atoms with Crippen LogP contribution in [0, 0.1) is 0 Å². The lowest BCUT2D eigenvalue weighted by atomic mass is 10.1. The van der Waals surface area contributed by atoms with Gasteiger partial charge in [0.05, 0.1) is 4.90 Å². The molecular formula is C15H14ClNO2S. The van der Waals surface area contributed by atoms with Crippen LogP contribution >= 0.6 is 11.6 Å². The highest BCUT2D eigenvalue weighted by Crippen LogP contribution is 2.23. The Morgan fingerprint density at radius 2 is 1.50 bits per heavy atom. The average Bonchev–Trinajstić information content (AvgIpc) is 2.80. The van der Waals surface area contributed by atoms with Crippen LogP contribution in [0.3, 0.4) is 0 Å². The number of hydrogen-bond acceptors (Lipinski definition) is 2. The van der Waals surface area contributed by atoms with Crippen LogP contribution in [-0.2, 0) is 22.9 Å². The van der Waals surface area contributed by atoms with E-state index >= 15 is 0 Å². The second-order valence-electron chi connectivity index (χ2n) is 4.95. The van der Waals surface area contributed by atoms with Crippen LogP contribution < -0.4 is 4.72 Å². The van der Waals surface area contributed by atoms with Crippen molar-refractivity contribution in [3.8, 4) is 0 Å². The van der Waals surface area contributed by atoms with Gasteiger partial charge in [0, 0.05) is 11.1 Å². The van der Waals surface area contributed by atoms with Crippen molar-refractivity contribution in [1.29, 1.82) is 0 Å². The third kappa shape index (κ3) is 2.73. The highest BCUT2D eigenvalue weighted by atomic mass is 35.5. The fourth-order valence-corrected chi connectivity index (χ4v) is 3.91. The second-order valence-corrected chi connectivity index (χ2v) is 7.10. The lowest BCUT2D eigenvalue weighted by molar-refractivity contribution is 0.555. The van der Waals surface area contributed by atoms with Gasteiger partial charge >= 0.3 is 0 Å². The highest BCUT2D eigenvalue weighted by molar-refractivity contribution is 7.89. The van der Waals surface area contributed by atoms with Crippen molar-refractivity contribution in [3.63, 3.8) is 0 Å². The zero-order chi connectivity index (χ0) is 14.2. The van der Waals surface area contributed by atoms with Crippen LogP contribution in [0.15, 0.2) is 53.4 Å². The van der Waals surface area contributed by atoms with Crippen molar-refractivity contribution >= 4 is 21.6 Å². The molecule has 5 heteroatoms. The van der Waals surface area contributed by atoms with E-state index in [1.807, 2.05) is 24.3 Å². The molecule has 20 heavy (non-hydrogen) atoms. The molecule has 0 atom stereocenters. The average molecular weight is 308 g/mol. The zero-order valence-electron chi connectivity index (χ0n) is 10.7. The maximum absolute atomic E-state index is 12.3. The normalized spacial score (nSPS) is 15.2. The number of benzene rings is 2. The SMILES string of the molecule is O=S(=O)(NC1Cc2ccccc2C1)c1ccc(Cl)cc1.